The van der Waals surface area contributed by atoms with Crippen LogP contribution < -0.4 is 4.74 Å². The summed E-state index contributed by atoms with van der Waals surface area (Å²) in [5, 5.41) is 14.0. The molecule has 0 saturated heterocycles. The van der Waals surface area contributed by atoms with Crippen LogP contribution in [-0.4, -0.2) is 18.3 Å². The van der Waals surface area contributed by atoms with Gasteiger partial charge < -0.3 is 9.84 Å². The van der Waals surface area contributed by atoms with Crippen molar-refractivity contribution in [1.82, 2.24) is 0 Å². The third kappa shape index (κ3) is 4.47. The number of hydrogen-bond acceptors (Lipinski definition) is 3. The molecular weight excluding hydrogens is 242 g/mol. The van der Waals surface area contributed by atoms with Crippen molar-refractivity contribution in [3.05, 3.63) is 40.3 Å². The van der Waals surface area contributed by atoms with Gasteiger partial charge in [-0.15, -0.1) is 0 Å². The molecule has 0 bridgehead atoms. The highest BCUT2D eigenvalue weighted by Crippen LogP contribution is 2.28. The molecule has 1 aromatic carbocycles. The summed E-state index contributed by atoms with van der Waals surface area (Å²) in [6.45, 7) is 6.66. The van der Waals surface area contributed by atoms with Crippen molar-refractivity contribution < 1.29 is 9.84 Å². The fourth-order valence-corrected chi connectivity index (χ4v) is 1.69. The summed E-state index contributed by atoms with van der Waals surface area (Å²) in [5.74, 6) is 1.16. The summed E-state index contributed by atoms with van der Waals surface area (Å²) in [6, 6.07) is 7.31. The Bertz CT molecular complexity index is 456. The van der Waals surface area contributed by atoms with Gasteiger partial charge in [-0.1, -0.05) is 38.0 Å². The number of hydrogen-bond donors (Lipinski definition) is 1. The van der Waals surface area contributed by atoms with E-state index in [4.69, 9.17) is 10.3 Å². The van der Waals surface area contributed by atoms with Gasteiger partial charge in [0, 0.05) is 4.91 Å². The Kier molecular flexibility index (Phi) is 5.67. The Morgan fingerprint density at radius 3 is 2.79 bits per heavy atom. The first-order chi connectivity index (χ1) is 9.01. The second-order valence-corrected chi connectivity index (χ2v) is 5.01. The largest absolute Gasteiger partial charge is 0.493 e. The van der Waals surface area contributed by atoms with Gasteiger partial charge in [0.2, 0.25) is 0 Å². The molecule has 0 aliphatic heterocycles. The number of aliphatic hydroxyl groups is 1. The van der Waals surface area contributed by atoms with E-state index in [-0.39, 0.29) is 6.54 Å². The van der Waals surface area contributed by atoms with Gasteiger partial charge in [-0.25, -0.2) is 0 Å². The van der Waals surface area contributed by atoms with E-state index in [1.165, 1.54) is 0 Å². The maximum atomic E-state index is 10.5. The first-order valence-corrected chi connectivity index (χ1v) is 6.48. The lowest BCUT2D eigenvalue weighted by Crippen LogP contribution is -2.28. The van der Waals surface area contributed by atoms with Crippen molar-refractivity contribution >= 4 is 0 Å². The molecule has 0 aliphatic carbocycles. The van der Waals surface area contributed by atoms with Gasteiger partial charge >= 0.3 is 0 Å². The van der Waals surface area contributed by atoms with Crippen LogP contribution in [0.3, 0.4) is 0 Å². The second kappa shape index (κ2) is 7.02. The van der Waals surface area contributed by atoms with Gasteiger partial charge in [0.25, 0.3) is 0 Å². The minimum Gasteiger partial charge on any atom is -0.493 e. The van der Waals surface area contributed by atoms with E-state index in [9.17, 15) is 5.11 Å². The molecule has 1 rings (SSSR count). The van der Waals surface area contributed by atoms with Crippen LogP contribution in [0.15, 0.2) is 29.4 Å². The smallest absolute Gasteiger partial charge is 0.119 e. The van der Waals surface area contributed by atoms with E-state index in [1.807, 2.05) is 25.1 Å². The van der Waals surface area contributed by atoms with Crippen molar-refractivity contribution in [2.45, 2.75) is 32.8 Å². The summed E-state index contributed by atoms with van der Waals surface area (Å²) >= 11 is 0. The summed E-state index contributed by atoms with van der Waals surface area (Å²) < 4.78 is 5.64. The lowest BCUT2D eigenvalue weighted by molar-refractivity contribution is 0.0417. The molecule has 0 radical (unpaired) electrons. The zero-order valence-electron chi connectivity index (χ0n) is 11.7. The van der Waals surface area contributed by atoms with E-state index in [0.29, 0.717) is 24.5 Å². The van der Waals surface area contributed by atoms with Crippen molar-refractivity contribution in [3.63, 3.8) is 0 Å². The maximum absolute atomic E-state index is 10.5. The highest BCUT2D eigenvalue weighted by Gasteiger charge is 2.26. The zero-order valence-corrected chi connectivity index (χ0v) is 11.7. The Morgan fingerprint density at radius 2 is 2.21 bits per heavy atom. The third-order valence-corrected chi connectivity index (χ3v) is 2.94. The molecule has 1 aromatic rings. The van der Waals surface area contributed by atoms with E-state index in [0.717, 1.165) is 5.75 Å². The number of ether oxygens (including phenoxy) is 1. The van der Waals surface area contributed by atoms with Gasteiger partial charge in [0.05, 0.1) is 18.8 Å². The third-order valence-electron chi connectivity index (χ3n) is 2.94. The van der Waals surface area contributed by atoms with Crippen LogP contribution >= 0.6 is 0 Å². The monoisotopic (exact) mass is 263 g/mol. The topological polar surface area (TPSA) is 78.2 Å². The van der Waals surface area contributed by atoms with Crippen LogP contribution in [-0.2, 0) is 5.60 Å². The molecule has 0 saturated carbocycles. The molecule has 0 spiro atoms. The molecule has 0 aromatic heterocycles. The minimum atomic E-state index is -1.14. The molecule has 0 fully saturated rings. The molecular formula is C14H21N3O2. The van der Waals surface area contributed by atoms with Crippen LogP contribution in [0.4, 0.5) is 0 Å². The summed E-state index contributed by atoms with van der Waals surface area (Å²) in [6.07, 6.45) is 0.472. The predicted molar refractivity (Wildman–Crippen MR) is 75.0 cm³/mol. The van der Waals surface area contributed by atoms with E-state index < -0.39 is 5.60 Å². The van der Waals surface area contributed by atoms with Gasteiger partial charge in [-0.2, -0.15) is 0 Å². The molecule has 104 valence electrons. The highest BCUT2D eigenvalue weighted by atomic mass is 16.5. The second-order valence-electron chi connectivity index (χ2n) is 5.01. The lowest BCUT2D eigenvalue weighted by atomic mass is 9.91. The fraction of sp³-hybridized carbons (Fsp3) is 0.571. The van der Waals surface area contributed by atoms with E-state index in [2.05, 4.69) is 23.9 Å². The Morgan fingerprint density at radius 1 is 1.47 bits per heavy atom. The quantitative estimate of drug-likeness (QED) is 0.463. The van der Waals surface area contributed by atoms with Gasteiger partial charge in [0.15, 0.2) is 0 Å². The molecule has 0 unspecified atom stereocenters. The molecule has 1 atom stereocenters. The molecule has 5 nitrogen and oxygen atoms in total. The standard InChI is InChI=1S/C14H21N3O2/c1-4-14(18,10-16-17-15)12-6-5-7-13(8-12)19-9-11(2)3/h5-8,11,18H,4,9-10H2,1-3H3/t14-/m1/s1. The average Bonchev–Trinajstić information content (AvgIpc) is 2.43. The molecule has 5 heteroatoms. The minimum absolute atomic E-state index is 0.0215. The average molecular weight is 263 g/mol. The van der Waals surface area contributed by atoms with Crippen LogP contribution in [0.5, 0.6) is 5.75 Å². The van der Waals surface area contributed by atoms with Gasteiger partial charge in [-0.3, -0.25) is 0 Å². The highest BCUT2D eigenvalue weighted by molar-refractivity contribution is 5.32. The van der Waals surface area contributed by atoms with E-state index >= 15 is 0 Å². The molecule has 19 heavy (non-hydrogen) atoms. The van der Waals surface area contributed by atoms with Crippen molar-refractivity contribution in [3.8, 4) is 5.75 Å². The SMILES string of the molecule is CC[C@@](O)(CN=[N+]=[N-])c1cccc(OCC(C)C)c1. The summed E-state index contributed by atoms with van der Waals surface area (Å²) in [5.41, 5.74) is 7.97. The fourth-order valence-electron chi connectivity index (χ4n) is 1.69. The predicted octanol–water partition coefficient (Wildman–Crippen LogP) is 3.63. The molecule has 0 amide bonds. The normalized spacial score (nSPS) is 13.7. The number of benzene rings is 1. The summed E-state index contributed by atoms with van der Waals surface area (Å²) in [7, 11) is 0. The van der Waals surface area contributed by atoms with Crippen LogP contribution in [0.2, 0.25) is 0 Å². The Balaban J connectivity index is 2.92. The first-order valence-electron chi connectivity index (χ1n) is 6.48. The molecule has 1 N–H and O–H groups in total. The molecule has 0 heterocycles. The van der Waals surface area contributed by atoms with Crippen molar-refractivity contribution in [1.29, 1.82) is 0 Å². The van der Waals surface area contributed by atoms with Gasteiger partial charge in [-0.05, 0) is 35.6 Å². The van der Waals surface area contributed by atoms with Crippen LogP contribution in [0.25, 0.3) is 10.4 Å². The number of rotatable bonds is 7. The van der Waals surface area contributed by atoms with E-state index in [1.54, 1.807) is 6.07 Å². The van der Waals surface area contributed by atoms with Gasteiger partial charge in [0.1, 0.15) is 5.75 Å². The van der Waals surface area contributed by atoms with Crippen molar-refractivity contribution in [2.24, 2.45) is 11.0 Å². The molecule has 0 aliphatic rings. The summed E-state index contributed by atoms with van der Waals surface area (Å²) in [4.78, 5) is 2.71. The van der Waals surface area contributed by atoms with Crippen LogP contribution in [0.1, 0.15) is 32.8 Å². The number of azide groups is 1. The lowest BCUT2D eigenvalue weighted by Gasteiger charge is -2.25. The zero-order chi connectivity index (χ0) is 14.3. The van der Waals surface area contributed by atoms with Crippen molar-refractivity contribution in [2.75, 3.05) is 13.2 Å². The first kappa shape index (κ1) is 15.3. The Labute approximate surface area is 113 Å². The Hall–Kier alpha value is -1.71. The van der Waals surface area contributed by atoms with Crippen LogP contribution in [0, 0.1) is 5.92 Å². The number of nitrogens with zero attached hydrogens (tertiary/aromatic N) is 3. The maximum Gasteiger partial charge on any atom is 0.119 e.